The summed E-state index contributed by atoms with van der Waals surface area (Å²) < 4.78 is 11.8. The zero-order valence-corrected chi connectivity index (χ0v) is 13.9. The molecule has 0 aliphatic carbocycles. The maximum absolute atomic E-state index is 5.59. The summed E-state index contributed by atoms with van der Waals surface area (Å²) in [5, 5.41) is 3.44. The average Bonchev–Trinajstić information content (AvgIpc) is 2.94. The summed E-state index contributed by atoms with van der Waals surface area (Å²) >= 11 is 5.60. The zero-order chi connectivity index (χ0) is 13.8. The first-order valence-corrected chi connectivity index (χ1v) is 8.33. The maximum atomic E-state index is 5.59. The molecule has 0 radical (unpaired) electrons. The molecule has 0 saturated carbocycles. The van der Waals surface area contributed by atoms with Crippen molar-refractivity contribution in [1.82, 2.24) is 5.32 Å². The van der Waals surface area contributed by atoms with E-state index in [2.05, 4.69) is 27.3 Å². The van der Waals surface area contributed by atoms with E-state index in [-0.39, 0.29) is 0 Å². The number of nitrogens with one attached hydrogen (secondary N) is 1. The van der Waals surface area contributed by atoms with E-state index in [1.165, 1.54) is 23.5 Å². The summed E-state index contributed by atoms with van der Waals surface area (Å²) in [5.74, 6) is 4.79. The number of rotatable bonds is 5. The van der Waals surface area contributed by atoms with Crippen molar-refractivity contribution < 1.29 is 9.47 Å². The Balaban J connectivity index is 2.39. The number of hydrogen-bond donors (Lipinski definition) is 1. The van der Waals surface area contributed by atoms with Crippen LogP contribution in [0.3, 0.4) is 0 Å². The molecule has 2 unspecified atom stereocenters. The van der Waals surface area contributed by atoms with Crippen LogP contribution in [-0.2, 0) is 0 Å². The van der Waals surface area contributed by atoms with Gasteiger partial charge in [-0.2, -0.15) is 11.8 Å². The van der Waals surface area contributed by atoms with Crippen molar-refractivity contribution in [2.45, 2.75) is 12.5 Å². The molecule has 1 aromatic rings. The fourth-order valence-electron chi connectivity index (χ4n) is 2.62. The van der Waals surface area contributed by atoms with E-state index in [4.69, 9.17) is 9.47 Å². The Morgan fingerprint density at radius 3 is 2.68 bits per heavy atom. The third-order valence-electron chi connectivity index (χ3n) is 3.60. The molecule has 1 aromatic carbocycles. The van der Waals surface area contributed by atoms with Crippen LogP contribution in [0.2, 0.25) is 0 Å². The number of benzene rings is 1. The number of ether oxygens (including phenoxy) is 2. The van der Waals surface area contributed by atoms with Crippen LogP contribution in [0.1, 0.15) is 18.0 Å². The molecule has 106 valence electrons. The van der Waals surface area contributed by atoms with Gasteiger partial charge >= 0.3 is 0 Å². The van der Waals surface area contributed by atoms with Crippen molar-refractivity contribution in [3.63, 3.8) is 0 Å². The largest absolute Gasteiger partial charge is 0.495 e. The number of thioether (sulfide) groups is 1. The van der Waals surface area contributed by atoms with Crippen LogP contribution in [-0.4, -0.2) is 32.8 Å². The summed E-state index contributed by atoms with van der Waals surface area (Å²) in [6, 6.07) is 4.42. The van der Waals surface area contributed by atoms with E-state index in [1.807, 2.05) is 24.9 Å². The Morgan fingerprint density at radius 2 is 2.16 bits per heavy atom. The van der Waals surface area contributed by atoms with E-state index < -0.39 is 0 Å². The topological polar surface area (TPSA) is 30.5 Å². The maximum Gasteiger partial charge on any atom is 0.141 e. The van der Waals surface area contributed by atoms with Gasteiger partial charge in [-0.3, -0.25) is 0 Å². The Hall–Kier alpha value is -0.390. The predicted octanol–water partition coefficient (Wildman–Crippen LogP) is 3.48. The Kier molecular flexibility index (Phi) is 5.42. The summed E-state index contributed by atoms with van der Waals surface area (Å²) in [5.41, 5.74) is 1.20. The van der Waals surface area contributed by atoms with Gasteiger partial charge in [-0.05, 0) is 59.0 Å². The van der Waals surface area contributed by atoms with Gasteiger partial charge in [0, 0.05) is 11.6 Å². The average molecular weight is 346 g/mol. The molecule has 2 atom stereocenters. The smallest absolute Gasteiger partial charge is 0.141 e. The summed E-state index contributed by atoms with van der Waals surface area (Å²) in [4.78, 5) is 0. The molecule has 1 aliphatic rings. The summed E-state index contributed by atoms with van der Waals surface area (Å²) in [6.45, 7) is 0. The summed E-state index contributed by atoms with van der Waals surface area (Å²) in [6.07, 6.45) is 1.25. The second-order valence-electron chi connectivity index (χ2n) is 4.59. The number of hydrogen-bond acceptors (Lipinski definition) is 4. The van der Waals surface area contributed by atoms with Crippen molar-refractivity contribution in [3.8, 4) is 11.5 Å². The number of methoxy groups -OCH3 is 2. The molecule has 1 fully saturated rings. The van der Waals surface area contributed by atoms with E-state index in [9.17, 15) is 0 Å². The quantitative estimate of drug-likeness (QED) is 0.884. The SMILES string of the molecule is CNC(c1ccc(OC)c(Br)c1OC)C1CCSC1. The fourth-order valence-corrected chi connectivity index (χ4v) is 4.61. The second-order valence-corrected chi connectivity index (χ2v) is 6.54. The van der Waals surface area contributed by atoms with Crippen LogP contribution < -0.4 is 14.8 Å². The van der Waals surface area contributed by atoms with Crippen LogP contribution in [0.15, 0.2) is 16.6 Å². The molecule has 0 amide bonds. The Labute approximate surface area is 127 Å². The van der Waals surface area contributed by atoms with Crippen molar-refractivity contribution in [3.05, 3.63) is 22.2 Å². The molecule has 2 rings (SSSR count). The van der Waals surface area contributed by atoms with Gasteiger partial charge in [0.1, 0.15) is 16.0 Å². The highest BCUT2D eigenvalue weighted by Crippen LogP contribution is 2.43. The fraction of sp³-hybridized carbons (Fsp3) is 0.571. The van der Waals surface area contributed by atoms with Crippen LogP contribution in [0, 0.1) is 5.92 Å². The molecule has 1 aliphatic heterocycles. The second kappa shape index (κ2) is 6.86. The first-order valence-electron chi connectivity index (χ1n) is 6.38. The highest BCUT2D eigenvalue weighted by molar-refractivity contribution is 9.10. The highest BCUT2D eigenvalue weighted by Gasteiger charge is 2.29. The molecule has 0 spiro atoms. The van der Waals surface area contributed by atoms with Gasteiger partial charge in [0.05, 0.1) is 14.2 Å². The zero-order valence-electron chi connectivity index (χ0n) is 11.5. The van der Waals surface area contributed by atoms with Gasteiger partial charge in [0.2, 0.25) is 0 Å². The van der Waals surface area contributed by atoms with Gasteiger partial charge in [-0.1, -0.05) is 0 Å². The lowest BCUT2D eigenvalue weighted by molar-refractivity contribution is 0.363. The van der Waals surface area contributed by atoms with E-state index in [0.717, 1.165) is 16.0 Å². The highest BCUT2D eigenvalue weighted by atomic mass is 79.9. The Bertz CT molecular complexity index is 436. The minimum atomic E-state index is 0.326. The summed E-state index contributed by atoms with van der Waals surface area (Å²) in [7, 11) is 5.40. The van der Waals surface area contributed by atoms with Crippen LogP contribution in [0.25, 0.3) is 0 Å². The first-order chi connectivity index (χ1) is 9.22. The van der Waals surface area contributed by atoms with Crippen molar-refractivity contribution >= 4 is 27.7 Å². The minimum absolute atomic E-state index is 0.326. The van der Waals surface area contributed by atoms with Gasteiger partial charge in [-0.25, -0.2) is 0 Å². The molecule has 0 aromatic heterocycles. The number of halogens is 1. The third kappa shape index (κ3) is 3.03. The van der Waals surface area contributed by atoms with Crippen LogP contribution >= 0.6 is 27.7 Å². The Morgan fingerprint density at radius 1 is 1.37 bits per heavy atom. The van der Waals surface area contributed by atoms with Crippen molar-refractivity contribution in [2.75, 3.05) is 32.8 Å². The van der Waals surface area contributed by atoms with E-state index >= 15 is 0 Å². The van der Waals surface area contributed by atoms with Crippen LogP contribution in [0.5, 0.6) is 11.5 Å². The van der Waals surface area contributed by atoms with E-state index in [0.29, 0.717) is 12.0 Å². The lowest BCUT2D eigenvalue weighted by atomic mass is 9.92. The lowest BCUT2D eigenvalue weighted by Gasteiger charge is -2.25. The molecule has 19 heavy (non-hydrogen) atoms. The molecule has 1 heterocycles. The lowest BCUT2D eigenvalue weighted by Crippen LogP contribution is -2.25. The standard InChI is InChI=1S/C14H20BrNO2S/c1-16-13(9-6-7-19-8-9)10-4-5-11(17-2)12(15)14(10)18-3/h4-5,9,13,16H,6-8H2,1-3H3. The minimum Gasteiger partial charge on any atom is -0.495 e. The van der Waals surface area contributed by atoms with Crippen molar-refractivity contribution in [2.24, 2.45) is 5.92 Å². The normalized spacial score (nSPS) is 20.3. The van der Waals surface area contributed by atoms with Gasteiger partial charge in [0.25, 0.3) is 0 Å². The predicted molar refractivity (Wildman–Crippen MR) is 84.5 cm³/mol. The molecule has 3 nitrogen and oxygen atoms in total. The first kappa shape index (κ1) is 15.0. The molecule has 5 heteroatoms. The molecular weight excluding hydrogens is 326 g/mol. The molecule has 0 bridgehead atoms. The van der Waals surface area contributed by atoms with Crippen molar-refractivity contribution in [1.29, 1.82) is 0 Å². The molecule has 1 saturated heterocycles. The van der Waals surface area contributed by atoms with Gasteiger partial charge < -0.3 is 14.8 Å². The molecular formula is C14H20BrNO2S. The van der Waals surface area contributed by atoms with Gasteiger partial charge in [0.15, 0.2) is 0 Å². The molecule has 1 N–H and O–H groups in total. The van der Waals surface area contributed by atoms with Gasteiger partial charge in [-0.15, -0.1) is 0 Å². The monoisotopic (exact) mass is 345 g/mol. The van der Waals surface area contributed by atoms with E-state index in [1.54, 1.807) is 14.2 Å². The third-order valence-corrected chi connectivity index (χ3v) is 5.54. The van der Waals surface area contributed by atoms with Crippen LogP contribution in [0.4, 0.5) is 0 Å².